The van der Waals surface area contributed by atoms with E-state index >= 15 is 0 Å². The molecule has 2 aliphatic rings. The molecular weight excluding hydrogens is 320 g/mol. The minimum atomic E-state index is -1.03. The number of aliphatic carboxylic acids is 1. The van der Waals surface area contributed by atoms with Crippen LogP contribution < -0.4 is 0 Å². The lowest BCUT2D eigenvalue weighted by Gasteiger charge is -2.64. The van der Waals surface area contributed by atoms with E-state index in [1.165, 1.54) is 6.08 Å². The third-order valence-corrected chi connectivity index (χ3v) is 7.58. The molecule has 2 fully saturated rings. The van der Waals surface area contributed by atoms with Crippen molar-refractivity contribution in [1.29, 1.82) is 0 Å². The summed E-state index contributed by atoms with van der Waals surface area (Å²) < 4.78 is 0. The minimum absolute atomic E-state index is 0.130. The second kappa shape index (κ2) is 6.67. The molecule has 2 aliphatic carbocycles. The lowest BCUT2D eigenvalue weighted by Crippen LogP contribution is -2.69. The van der Waals surface area contributed by atoms with E-state index in [0.717, 1.165) is 18.4 Å². The first-order valence-corrected chi connectivity index (χ1v) is 9.35. The first kappa shape index (κ1) is 20.4. The van der Waals surface area contributed by atoms with Gasteiger partial charge in [-0.3, -0.25) is 0 Å². The molecule has 5 nitrogen and oxygen atoms in total. The van der Waals surface area contributed by atoms with Crippen LogP contribution >= 0.6 is 0 Å². The van der Waals surface area contributed by atoms with Crippen LogP contribution in [0.4, 0.5) is 0 Å². The maximum Gasteiger partial charge on any atom is 0.328 e. The van der Waals surface area contributed by atoms with Crippen LogP contribution in [0, 0.1) is 22.7 Å². The lowest BCUT2D eigenvalue weighted by atomic mass is 9.44. The van der Waals surface area contributed by atoms with Crippen LogP contribution in [-0.4, -0.2) is 44.2 Å². The lowest BCUT2D eigenvalue weighted by molar-refractivity contribution is -0.268. The van der Waals surface area contributed by atoms with E-state index in [1.54, 1.807) is 0 Å². The Labute approximate surface area is 150 Å². The Morgan fingerprint density at radius 1 is 1.24 bits per heavy atom. The van der Waals surface area contributed by atoms with Crippen LogP contribution in [0.15, 0.2) is 11.6 Å². The molecule has 0 unspecified atom stereocenters. The average Bonchev–Trinajstić information content (AvgIpc) is 2.50. The molecule has 0 amide bonds. The van der Waals surface area contributed by atoms with Crippen LogP contribution in [0.2, 0.25) is 0 Å². The molecule has 4 N–H and O–H groups in total. The monoisotopic (exact) mass is 354 g/mol. The predicted molar refractivity (Wildman–Crippen MR) is 96.0 cm³/mol. The number of carboxylic acids is 1. The summed E-state index contributed by atoms with van der Waals surface area (Å²) in [6.07, 6.45) is 2.72. The highest BCUT2D eigenvalue weighted by molar-refractivity contribution is 5.80. The molecule has 0 aliphatic heterocycles. The van der Waals surface area contributed by atoms with Gasteiger partial charge in [0, 0.05) is 11.5 Å². The predicted octanol–water partition coefficient (Wildman–Crippen LogP) is 2.73. The smallest absolute Gasteiger partial charge is 0.328 e. The molecule has 0 bridgehead atoms. The molecule has 2 rings (SSSR count). The Balaban J connectivity index is 2.35. The fourth-order valence-corrected chi connectivity index (χ4v) is 5.34. The van der Waals surface area contributed by atoms with Crippen LogP contribution in [0.25, 0.3) is 0 Å². The summed E-state index contributed by atoms with van der Waals surface area (Å²) in [7, 11) is 0. The summed E-state index contributed by atoms with van der Waals surface area (Å²) >= 11 is 0. The van der Waals surface area contributed by atoms with Gasteiger partial charge in [-0.2, -0.15) is 0 Å². The SMILES string of the molecule is CC(=CC(=O)O)CC[C@@]1(C)[C@H](C)CC[C@@]2(O)[C@@H]1C[C@@H](O)[C@@H](O)C2(C)C. The van der Waals surface area contributed by atoms with Crippen molar-refractivity contribution in [3.63, 3.8) is 0 Å². The maximum atomic E-state index is 11.6. The molecule has 144 valence electrons. The van der Waals surface area contributed by atoms with Gasteiger partial charge in [-0.25, -0.2) is 4.79 Å². The highest BCUT2D eigenvalue weighted by atomic mass is 16.4. The average molecular weight is 354 g/mol. The molecule has 0 radical (unpaired) electrons. The zero-order valence-corrected chi connectivity index (χ0v) is 16.1. The number of allylic oxidation sites excluding steroid dienone is 1. The Morgan fingerprint density at radius 2 is 1.84 bits per heavy atom. The minimum Gasteiger partial charge on any atom is -0.478 e. The first-order valence-electron chi connectivity index (χ1n) is 9.35. The molecule has 0 aromatic rings. The largest absolute Gasteiger partial charge is 0.478 e. The van der Waals surface area contributed by atoms with E-state index in [0.29, 0.717) is 25.2 Å². The second-order valence-corrected chi connectivity index (χ2v) is 9.22. The number of fused-ring (bicyclic) bond motifs is 1. The summed E-state index contributed by atoms with van der Waals surface area (Å²) in [6.45, 7) is 9.85. The molecule has 0 saturated heterocycles. The van der Waals surface area contributed by atoms with Gasteiger partial charge in [0.05, 0.1) is 17.8 Å². The molecule has 5 heteroatoms. The molecular formula is C20H34O5. The number of carboxylic acid groups (broad SMARTS) is 1. The molecule has 25 heavy (non-hydrogen) atoms. The Bertz CT molecular complexity index is 554. The van der Waals surface area contributed by atoms with Gasteiger partial charge >= 0.3 is 5.97 Å². The maximum absolute atomic E-state index is 11.6. The van der Waals surface area contributed by atoms with E-state index in [4.69, 9.17) is 5.11 Å². The van der Waals surface area contributed by atoms with Crippen molar-refractivity contribution >= 4 is 5.97 Å². The summed E-state index contributed by atoms with van der Waals surface area (Å²) in [5, 5.41) is 41.4. The van der Waals surface area contributed by atoms with Gasteiger partial charge in [0.15, 0.2) is 0 Å². The molecule has 0 spiro atoms. The molecule has 0 aromatic carbocycles. The number of aliphatic hydroxyl groups excluding tert-OH is 2. The zero-order chi connectivity index (χ0) is 19.2. The number of rotatable bonds is 4. The van der Waals surface area contributed by atoms with E-state index in [1.807, 2.05) is 20.8 Å². The Kier molecular flexibility index (Phi) is 5.45. The van der Waals surface area contributed by atoms with Gasteiger partial charge in [-0.15, -0.1) is 0 Å². The standard InChI is InChI=1S/C20H34O5/c1-12(10-16(22)23)6-8-19(5)13(2)7-9-20(25)15(19)11-14(21)17(24)18(20,3)4/h10,13-15,17,21,24-25H,6-9,11H2,1-5H3,(H,22,23)/t13-,14-,15-,17-,19+,20-/m1/s1. The Morgan fingerprint density at radius 3 is 2.40 bits per heavy atom. The van der Waals surface area contributed by atoms with Crippen molar-refractivity contribution in [3.8, 4) is 0 Å². The summed E-state index contributed by atoms with van der Waals surface area (Å²) in [4.78, 5) is 10.9. The fourth-order valence-electron chi connectivity index (χ4n) is 5.34. The summed E-state index contributed by atoms with van der Waals surface area (Å²) in [5.74, 6) is -0.711. The van der Waals surface area contributed by atoms with Crippen molar-refractivity contribution in [3.05, 3.63) is 11.6 Å². The number of hydrogen-bond donors (Lipinski definition) is 4. The van der Waals surface area contributed by atoms with Gasteiger partial charge in [0.2, 0.25) is 0 Å². The summed E-state index contributed by atoms with van der Waals surface area (Å²) in [5.41, 5.74) is -1.23. The van der Waals surface area contributed by atoms with Crippen molar-refractivity contribution in [2.75, 3.05) is 0 Å². The van der Waals surface area contributed by atoms with Crippen LogP contribution in [0.1, 0.15) is 66.7 Å². The third kappa shape index (κ3) is 3.26. The molecule has 0 aromatic heterocycles. The Hall–Kier alpha value is -0.910. The second-order valence-electron chi connectivity index (χ2n) is 9.22. The third-order valence-electron chi connectivity index (χ3n) is 7.58. The number of aliphatic hydroxyl groups is 3. The van der Waals surface area contributed by atoms with Crippen LogP contribution in [0.3, 0.4) is 0 Å². The van der Waals surface area contributed by atoms with Crippen molar-refractivity contribution < 1.29 is 25.2 Å². The van der Waals surface area contributed by atoms with Crippen molar-refractivity contribution in [2.45, 2.75) is 84.5 Å². The highest BCUT2D eigenvalue weighted by Crippen LogP contribution is 2.62. The number of hydrogen-bond acceptors (Lipinski definition) is 4. The molecule has 2 saturated carbocycles. The molecule has 6 atom stereocenters. The van der Waals surface area contributed by atoms with Gasteiger partial charge in [0.25, 0.3) is 0 Å². The highest BCUT2D eigenvalue weighted by Gasteiger charge is 2.65. The normalized spacial score (nSPS) is 44.2. The van der Waals surface area contributed by atoms with Gasteiger partial charge < -0.3 is 20.4 Å². The van der Waals surface area contributed by atoms with E-state index in [2.05, 4.69) is 13.8 Å². The van der Waals surface area contributed by atoms with Crippen molar-refractivity contribution in [2.24, 2.45) is 22.7 Å². The molecule has 0 heterocycles. The van der Waals surface area contributed by atoms with E-state index < -0.39 is 29.2 Å². The number of carbonyl (C=O) groups is 1. The fraction of sp³-hybridized carbons (Fsp3) is 0.850. The van der Waals surface area contributed by atoms with Gasteiger partial charge in [-0.1, -0.05) is 33.3 Å². The van der Waals surface area contributed by atoms with Gasteiger partial charge in [-0.05, 0) is 56.3 Å². The quantitative estimate of drug-likeness (QED) is 0.582. The summed E-state index contributed by atoms with van der Waals surface area (Å²) in [6, 6.07) is 0. The van der Waals surface area contributed by atoms with E-state index in [-0.39, 0.29) is 11.3 Å². The van der Waals surface area contributed by atoms with Crippen molar-refractivity contribution in [1.82, 2.24) is 0 Å². The first-order chi connectivity index (χ1) is 11.4. The van der Waals surface area contributed by atoms with Crippen LogP contribution in [-0.2, 0) is 4.79 Å². The van der Waals surface area contributed by atoms with Crippen LogP contribution in [0.5, 0.6) is 0 Å². The van der Waals surface area contributed by atoms with Gasteiger partial charge in [0.1, 0.15) is 0 Å². The topological polar surface area (TPSA) is 98.0 Å². The van der Waals surface area contributed by atoms with E-state index in [9.17, 15) is 20.1 Å². The zero-order valence-electron chi connectivity index (χ0n) is 16.1.